The summed E-state index contributed by atoms with van der Waals surface area (Å²) in [5.41, 5.74) is 3.61. The molecule has 26 heavy (non-hydrogen) atoms. The van der Waals surface area contributed by atoms with Gasteiger partial charge in [-0.1, -0.05) is 41.0 Å². The second-order valence-electron chi connectivity index (χ2n) is 5.78. The molecule has 0 saturated carbocycles. The van der Waals surface area contributed by atoms with Gasteiger partial charge in [-0.2, -0.15) is 0 Å². The van der Waals surface area contributed by atoms with Gasteiger partial charge in [0.1, 0.15) is 37.5 Å². The maximum Gasteiger partial charge on any atom is 0.134 e. The van der Waals surface area contributed by atoms with Crippen LogP contribution in [0.3, 0.4) is 0 Å². The summed E-state index contributed by atoms with van der Waals surface area (Å²) in [6.07, 6.45) is 3.93. The van der Waals surface area contributed by atoms with Gasteiger partial charge in [-0.25, -0.2) is 0 Å². The molecule has 0 unspecified atom stereocenters. The number of aryl methyl sites for hydroxylation is 2. The maximum absolute atomic E-state index is 6.03. The third kappa shape index (κ3) is 5.53. The number of hydrogen-bond acceptors (Lipinski definition) is 4. The lowest BCUT2D eigenvalue weighted by Crippen LogP contribution is -2.14. The SMILES string of the molecule is C/C=C/COc1cc(C)c(OCC(=NOC)c2ccc(Cl)cc2)c(C)c1. The number of oxime groups is 1. The summed E-state index contributed by atoms with van der Waals surface area (Å²) >= 11 is 5.95. The minimum absolute atomic E-state index is 0.288. The first-order valence-corrected chi connectivity index (χ1v) is 8.77. The van der Waals surface area contributed by atoms with Crippen LogP contribution in [0.25, 0.3) is 0 Å². The molecule has 0 N–H and O–H groups in total. The number of rotatable bonds is 8. The van der Waals surface area contributed by atoms with Crippen molar-refractivity contribution < 1.29 is 14.3 Å². The van der Waals surface area contributed by atoms with Gasteiger partial charge in [-0.3, -0.25) is 0 Å². The lowest BCUT2D eigenvalue weighted by Gasteiger charge is -2.15. The zero-order chi connectivity index (χ0) is 18.9. The van der Waals surface area contributed by atoms with Gasteiger partial charge >= 0.3 is 0 Å². The lowest BCUT2D eigenvalue weighted by molar-refractivity contribution is 0.210. The van der Waals surface area contributed by atoms with Gasteiger partial charge in [0.2, 0.25) is 0 Å². The molecule has 0 spiro atoms. The molecule has 0 atom stereocenters. The highest BCUT2D eigenvalue weighted by molar-refractivity contribution is 6.30. The van der Waals surface area contributed by atoms with E-state index in [0.717, 1.165) is 28.2 Å². The van der Waals surface area contributed by atoms with E-state index in [1.807, 2.05) is 69.3 Å². The van der Waals surface area contributed by atoms with Crippen molar-refractivity contribution in [2.24, 2.45) is 5.16 Å². The quantitative estimate of drug-likeness (QED) is 0.356. The molecule has 0 aromatic heterocycles. The smallest absolute Gasteiger partial charge is 0.134 e. The highest BCUT2D eigenvalue weighted by atomic mass is 35.5. The van der Waals surface area contributed by atoms with Crippen LogP contribution in [0.4, 0.5) is 0 Å². The van der Waals surface area contributed by atoms with Crippen LogP contribution in [0.15, 0.2) is 53.7 Å². The van der Waals surface area contributed by atoms with E-state index in [0.29, 0.717) is 17.3 Å². The van der Waals surface area contributed by atoms with Crippen LogP contribution < -0.4 is 9.47 Å². The first-order valence-electron chi connectivity index (χ1n) is 8.39. The predicted octanol–water partition coefficient (Wildman–Crippen LogP) is 5.34. The van der Waals surface area contributed by atoms with Crippen LogP contribution in [-0.4, -0.2) is 26.0 Å². The number of benzene rings is 2. The van der Waals surface area contributed by atoms with Crippen LogP contribution >= 0.6 is 11.6 Å². The molecule has 0 aliphatic rings. The van der Waals surface area contributed by atoms with Crippen LogP contribution in [0.1, 0.15) is 23.6 Å². The second-order valence-corrected chi connectivity index (χ2v) is 6.22. The van der Waals surface area contributed by atoms with Crippen molar-refractivity contribution in [3.05, 3.63) is 70.3 Å². The normalized spacial score (nSPS) is 11.7. The average molecular weight is 374 g/mol. The Kier molecular flexibility index (Phi) is 7.54. The first-order chi connectivity index (χ1) is 12.5. The number of halogens is 1. The molecule has 0 saturated heterocycles. The number of nitrogens with zero attached hydrogens (tertiary/aromatic N) is 1. The van der Waals surface area contributed by atoms with E-state index in [-0.39, 0.29) is 6.61 Å². The molecule has 0 aliphatic heterocycles. The Morgan fingerprint density at radius 1 is 1.08 bits per heavy atom. The monoisotopic (exact) mass is 373 g/mol. The summed E-state index contributed by atoms with van der Waals surface area (Å²) in [5, 5.41) is 4.76. The summed E-state index contributed by atoms with van der Waals surface area (Å²) in [6, 6.07) is 11.4. The van der Waals surface area contributed by atoms with Crippen LogP contribution in [0, 0.1) is 13.8 Å². The Morgan fingerprint density at radius 2 is 1.73 bits per heavy atom. The third-order valence-corrected chi connectivity index (χ3v) is 4.00. The second kappa shape index (κ2) is 9.88. The van der Waals surface area contributed by atoms with E-state index in [2.05, 4.69) is 5.16 Å². The van der Waals surface area contributed by atoms with E-state index in [4.69, 9.17) is 25.9 Å². The largest absolute Gasteiger partial charge is 0.490 e. The predicted molar refractivity (Wildman–Crippen MR) is 107 cm³/mol. The van der Waals surface area contributed by atoms with E-state index < -0.39 is 0 Å². The van der Waals surface area contributed by atoms with Crippen molar-refractivity contribution in [3.63, 3.8) is 0 Å². The van der Waals surface area contributed by atoms with Gasteiger partial charge in [0, 0.05) is 10.6 Å². The Labute approximate surface area is 160 Å². The van der Waals surface area contributed by atoms with Crippen molar-refractivity contribution in [3.8, 4) is 11.5 Å². The minimum Gasteiger partial charge on any atom is -0.490 e. The molecule has 2 aromatic rings. The summed E-state index contributed by atoms with van der Waals surface area (Å²) in [6.45, 7) is 6.81. The summed E-state index contributed by atoms with van der Waals surface area (Å²) < 4.78 is 11.7. The van der Waals surface area contributed by atoms with Gasteiger partial charge < -0.3 is 14.3 Å². The van der Waals surface area contributed by atoms with Crippen LogP contribution in [0.2, 0.25) is 5.02 Å². The minimum atomic E-state index is 0.288. The molecule has 0 bridgehead atoms. The molecule has 2 aromatic carbocycles. The van der Waals surface area contributed by atoms with Gasteiger partial charge in [0.25, 0.3) is 0 Å². The van der Waals surface area contributed by atoms with Crippen molar-refractivity contribution in [2.75, 3.05) is 20.3 Å². The topological polar surface area (TPSA) is 40.0 Å². The van der Waals surface area contributed by atoms with Gasteiger partial charge in [0.05, 0.1) is 0 Å². The number of ether oxygens (including phenoxy) is 2. The lowest BCUT2D eigenvalue weighted by atomic mass is 10.1. The average Bonchev–Trinajstić information content (AvgIpc) is 2.61. The number of allylic oxidation sites excluding steroid dienone is 1. The molecule has 5 heteroatoms. The van der Waals surface area contributed by atoms with Crippen molar-refractivity contribution >= 4 is 17.3 Å². The van der Waals surface area contributed by atoms with Gasteiger partial charge in [-0.05, 0) is 56.2 Å². The zero-order valence-corrected chi connectivity index (χ0v) is 16.3. The highest BCUT2D eigenvalue weighted by Crippen LogP contribution is 2.28. The molecule has 0 heterocycles. The maximum atomic E-state index is 6.03. The van der Waals surface area contributed by atoms with E-state index in [1.165, 1.54) is 7.11 Å². The fraction of sp³-hybridized carbons (Fsp3) is 0.286. The fourth-order valence-corrected chi connectivity index (χ4v) is 2.64. The molecule has 0 radical (unpaired) electrons. The van der Waals surface area contributed by atoms with Crippen molar-refractivity contribution in [1.82, 2.24) is 0 Å². The first kappa shape index (κ1) is 19.9. The Bertz CT molecular complexity index is 759. The van der Waals surface area contributed by atoms with E-state index in [9.17, 15) is 0 Å². The molecule has 0 aliphatic carbocycles. The molecule has 0 fully saturated rings. The van der Waals surface area contributed by atoms with Crippen molar-refractivity contribution in [2.45, 2.75) is 20.8 Å². The van der Waals surface area contributed by atoms with E-state index >= 15 is 0 Å². The summed E-state index contributed by atoms with van der Waals surface area (Å²) in [7, 11) is 1.52. The molecule has 4 nitrogen and oxygen atoms in total. The molecule has 0 amide bonds. The van der Waals surface area contributed by atoms with E-state index in [1.54, 1.807) is 0 Å². The fourth-order valence-electron chi connectivity index (χ4n) is 2.52. The molecular weight excluding hydrogens is 350 g/mol. The molecule has 138 valence electrons. The summed E-state index contributed by atoms with van der Waals surface area (Å²) in [5.74, 6) is 1.65. The van der Waals surface area contributed by atoms with Crippen LogP contribution in [-0.2, 0) is 4.84 Å². The molecular formula is C21H24ClNO3. The molecule has 2 rings (SSSR count). The van der Waals surface area contributed by atoms with Gasteiger partial charge in [0.15, 0.2) is 0 Å². The Hall–Kier alpha value is -2.46. The highest BCUT2D eigenvalue weighted by Gasteiger charge is 2.11. The number of hydrogen-bond donors (Lipinski definition) is 0. The Balaban J connectivity index is 2.13. The zero-order valence-electron chi connectivity index (χ0n) is 15.6. The Morgan fingerprint density at radius 3 is 2.31 bits per heavy atom. The van der Waals surface area contributed by atoms with Crippen molar-refractivity contribution in [1.29, 1.82) is 0 Å². The third-order valence-electron chi connectivity index (χ3n) is 3.75. The van der Waals surface area contributed by atoms with Gasteiger partial charge in [-0.15, -0.1) is 0 Å². The summed E-state index contributed by atoms with van der Waals surface area (Å²) in [4.78, 5) is 4.96. The standard InChI is InChI=1S/C21H24ClNO3/c1-5-6-11-25-19-12-15(2)21(16(3)13-19)26-14-20(23-24-4)17-7-9-18(22)10-8-17/h5-10,12-13H,11,14H2,1-4H3/b6-5+,23-20?. The van der Waals surface area contributed by atoms with Crippen LogP contribution in [0.5, 0.6) is 11.5 Å².